The van der Waals surface area contributed by atoms with Crippen LogP contribution in [0.1, 0.15) is 20.3 Å². The highest BCUT2D eigenvalue weighted by atomic mass is 19.1. The molecule has 5 nitrogen and oxygen atoms in total. The number of nitrogens with one attached hydrogen (secondary N) is 1. The molecule has 1 aromatic carbocycles. The van der Waals surface area contributed by atoms with Crippen molar-refractivity contribution in [2.75, 3.05) is 6.61 Å². The Hall–Kier alpha value is -2.11. The lowest BCUT2D eigenvalue weighted by Crippen LogP contribution is -2.49. The summed E-state index contributed by atoms with van der Waals surface area (Å²) in [6.45, 7) is 2.83. The second kappa shape index (κ2) is 6.17. The number of carbonyl (C=O) groups excluding carboxylic acids is 1. The van der Waals surface area contributed by atoms with E-state index in [0.717, 1.165) is 0 Å². The van der Waals surface area contributed by atoms with Crippen LogP contribution in [0, 0.1) is 5.82 Å². The largest absolute Gasteiger partial charge is 0.493 e. The summed E-state index contributed by atoms with van der Waals surface area (Å²) in [4.78, 5) is 22.3. The van der Waals surface area contributed by atoms with Crippen molar-refractivity contribution in [3.63, 3.8) is 0 Å². The second-order valence-electron chi connectivity index (χ2n) is 4.53. The monoisotopic (exact) mass is 269 g/mol. The number of rotatable bonds is 6. The molecule has 6 heteroatoms. The van der Waals surface area contributed by atoms with Gasteiger partial charge in [0.2, 0.25) is 5.91 Å². The van der Waals surface area contributed by atoms with E-state index in [0.29, 0.717) is 5.75 Å². The lowest BCUT2D eigenvalue weighted by atomic mass is 10.1. The first kappa shape index (κ1) is 14.9. The highest BCUT2D eigenvalue weighted by Gasteiger charge is 2.28. The summed E-state index contributed by atoms with van der Waals surface area (Å²) in [6.07, 6.45) is -0.00672. The Morgan fingerprint density at radius 2 is 2.11 bits per heavy atom. The second-order valence-corrected chi connectivity index (χ2v) is 4.53. The van der Waals surface area contributed by atoms with Crippen molar-refractivity contribution in [3.8, 4) is 5.75 Å². The van der Waals surface area contributed by atoms with Gasteiger partial charge in [0.25, 0.3) is 0 Å². The first-order chi connectivity index (χ1) is 8.81. The number of hydrogen-bond donors (Lipinski definition) is 2. The summed E-state index contributed by atoms with van der Waals surface area (Å²) in [6, 6.07) is 5.56. The molecule has 104 valence electrons. The SMILES string of the molecule is CC(C)(NC(=O)CCOc1cccc(F)c1)C(=O)O. The van der Waals surface area contributed by atoms with Crippen LogP contribution in [-0.4, -0.2) is 29.1 Å². The van der Waals surface area contributed by atoms with E-state index in [9.17, 15) is 14.0 Å². The van der Waals surface area contributed by atoms with Crippen molar-refractivity contribution in [1.29, 1.82) is 0 Å². The van der Waals surface area contributed by atoms with Crippen LogP contribution >= 0.6 is 0 Å². The average Bonchev–Trinajstić information content (AvgIpc) is 2.28. The van der Waals surface area contributed by atoms with Crippen molar-refractivity contribution in [2.45, 2.75) is 25.8 Å². The van der Waals surface area contributed by atoms with Crippen LogP contribution in [0.3, 0.4) is 0 Å². The van der Waals surface area contributed by atoms with Crippen LogP contribution in [0.5, 0.6) is 5.75 Å². The molecule has 0 saturated carbocycles. The van der Waals surface area contributed by atoms with E-state index in [2.05, 4.69) is 5.32 Å². The minimum Gasteiger partial charge on any atom is -0.493 e. The van der Waals surface area contributed by atoms with Crippen molar-refractivity contribution in [2.24, 2.45) is 0 Å². The highest BCUT2D eigenvalue weighted by molar-refractivity contribution is 5.86. The van der Waals surface area contributed by atoms with E-state index < -0.39 is 23.2 Å². The van der Waals surface area contributed by atoms with Gasteiger partial charge in [-0.15, -0.1) is 0 Å². The predicted octanol–water partition coefficient (Wildman–Crippen LogP) is 1.57. The molecule has 0 fully saturated rings. The molecule has 0 saturated heterocycles. The normalized spacial score (nSPS) is 10.9. The van der Waals surface area contributed by atoms with Gasteiger partial charge < -0.3 is 15.2 Å². The first-order valence-corrected chi connectivity index (χ1v) is 5.74. The Morgan fingerprint density at radius 1 is 1.42 bits per heavy atom. The van der Waals surface area contributed by atoms with Crippen molar-refractivity contribution in [3.05, 3.63) is 30.1 Å². The van der Waals surface area contributed by atoms with E-state index in [1.165, 1.54) is 32.0 Å². The maximum atomic E-state index is 12.8. The molecule has 0 bridgehead atoms. The average molecular weight is 269 g/mol. The summed E-state index contributed by atoms with van der Waals surface area (Å²) < 4.78 is 18.0. The van der Waals surface area contributed by atoms with Gasteiger partial charge in [-0.3, -0.25) is 4.79 Å². The molecule has 0 heterocycles. The molecule has 0 aromatic heterocycles. The van der Waals surface area contributed by atoms with Gasteiger partial charge in [0, 0.05) is 6.07 Å². The summed E-state index contributed by atoms with van der Waals surface area (Å²) in [7, 11) is 0. The maximum absolute atomic E-state index is 12.8. The van der Waals surface area contributed by atoms with E-state index in [1.807, 2.05) is 0 Å². The molecule has 0 spiro atoms. The van der Waals surface area contributed by atoms with E-state index >= 15 is 0 Å². The van der Waals surface area contributed by atoms with Gasteiger partial charge in [0.05, 0.1) is 13.0 Å². The van der Waals surface area contributed by atoms with Crippen LogP contribution in [0.4, 0.5) is 4.39 Å². The minimum atomic E-state index is -1.32. The third kappa shape index (κ3) is 4.95. The number of carboxylic acids is 1. The van der Waals surface area contributed by atoms with Gasteiger partial charge in [0.15, 0.2) is 0 Å². The number of halogens is 1. The summed E-state index contributed by atoms with van der Waals surface area (Å²) >= 11 is 0. The molecule has 0 aliphatic heterocycles. The van der Waals surface area contributed by atoms with Crippen molar-refractivity contribution >= 4 is 11.9 Å². The first-order valence-electron chi connectivity index (χ1n) is 5.74. The Morgan fingerprint density at radius 3 is 2.68 bits per heavy atom. The zero-order valence-electron chi connectivity index (χ0n) is 10.8. The Bertz CT molecular complexity index is 473. The van der Waals surface area contributed by atoms with E-state index in [4.69, 9.17) is 9.84 Å². The van der Waals surface area contributed by atoms with Gasteiger partial charge in [-0.05, 0) is 26.0 Å². The number of hydrogen-bond acceptors (Lipinski definition) is 3. The molecule has 1 aromatic rings. The molecule has 0 aliphatic rings. The Kier molecular flexibility index (Phi) is 4.86. The minimum absolute atomic E-state index is 0.00672. The topological polar surface area (TPSA) is 75.6 Å². The van der Waals surface area contributed by atoms with Crippen LogP contribution in [0.15, 0.2) is 24.3 Å². The summed E-state index contributed by atoms with van der Waals surface area (Å²) in [5.74, 6) is -1.66. The number of amides is 1. The Labute approximate surface area is 110 Å². The van der Waals surface area contributed by atoms with E-state index in [-0.39, 0.29) is 13.0 Å². The molecule has 0 unspecified atom stereocenters. The number of carboxylic acid groups (broad SMARTS) is 1. The molecular weight excluding hydrogens is 253 g/mol. The zero-order chi connectivity index (χ0) is 14.5. The third-order valence-corrected chi connectivity index (χ3v) is 2.38. The molecule has 19 heavy (non-hydrogen) atoms. The molecule has 1 rings (SSSR count). The van der Waals surface area contributed by atoms with Crippen LogP contribution < -0.4 is 10.1 Å². The number of carbonyl (C=O) groups is 2. The number of aliphatic carboxylic acids is 1. The van der Waals surface area contributed by atoms with E-state index in [1.54, 1.807) is 6.07 Å². The standard InChI is InChI=1S/C13H16FNO4/c1-13(2,12(17)18)15-11(16)6-7-19-10-5-3-4-9(14)8-10/h3-5,8H,6-7H2,1-2H3,(H,15,16)(H,17,18). The summed E-state index contributed by atoms with van der Waals surface area (Å²) in [5, 5.41) is 11.2. The molecule has 1 amide bonds. The van der Waals surface area contributed by atoms with Crippen molar-refractivity contribution in [1.82, 2.24) is 5.32 Å². The van der Waals surface area contributed by atoms with Gasteiger partial charge >= 0.3 is 5.97 Å². The molecule has 0 atom stereocenters. The fourth-order valence-electron chi connectivity index (χ4n) is 1.28. The Balaban J connectivity index is 2.37. The van der Waals surface area contributed by atoms with Crippen molar-refractivity contribution < 1.29 is 23.8 Å². The van der Waals surface area contributed by atoms with Crippen LogP contribution in [0.25, 0.3) is 0 Å². The molecule has 0 aliphatic carbocycles. The third-order valence-electron chi connectivity index (χ3n) is 2.38. The fraction of sp³-hybridized carbons (Fsp3) is 0.385. The number of ether oxygens (including phenoxy) is 1. The lowest BCUT2D eigenvalue weighted by molar-refractivity contribution is -0.146. The molecular formula is C13H16FNO4. The van der Waals surface area contributed by atoms with Crippen LogP contribution in [0.2, 0.25) is 0 Å². The maximum Gasteiger partial charge on any atom is 0.328 e. The van der Waals surface area contributed by atoms with Gasteiger partial charge in [-0.2, -0.15) is 0 Å². The molecule has 2 N–H and O–H groups in total. The fourth-order valence-corrected chi connectivity index (χ4v) is 1.28. The van der Waals surface area contributed by atoms with Gasteiger partial charge in [-0.1, -0.05) is 6.07 Å². The predicted molar refractivity (Wildman–Crippen MR) is 66.4 cm³/mol. The lowest BCUT2D eigenvalue weighted by Gasteiger charge is -2.20. The van der Waals surface area contributed by atoms with Gasteiger partial charge in [-0.25, -0.2) is 9.18 Å². The summed E-state index contributed by atoms with van der Waals surface area (Å²) in [5.41, 5.74) is -1.32. The highest BCUT2D eigenvalue weighted by Crippen LogP contribution is 2.12. The zero-order valence-corrected chi connectivity index (χ0v) is 10.8. The molecule has 0 radical (unpaired) electrons. The quantitative estimate of drug-likeness (QED) is 0.822. The van der Waals surface area contributed by atoms with Gasteiger partial charge in [0.1, 0.15) is 17.1 Å². The number of benzene rings is 1. The van der Waals surface area contributed by atoms with Crippen LogP contribution in [-0.2, 0) is 9.59 Å². The smallest absolute Gasteiger partial charge is 0.328 e.